The highest BCUT2D eigenvalue weighted by molar-refractivity contribution is 9.10. The number of halogens is 1. The summed E-state index contributed by atoms with van der Waals surface area (Å²) in [6.07, 6.45) is 1.01. The van der Waals surface area contributed by atoms with E-state index in [-0.39, 0.29) is 5.91 Å². The Labute approximate surface area is 135 Å². The van der Waals surface area contributed by atoms with E-state index in [0.717, 1.165) is 28.0 Å². The molecule has 1 aromatic heterocycles. The predicted octanol–water partition coefficient (Wildman–Crippen LogP) is 5.04. The lowest BCUT2D eigenvalue weighted by Gasteiger charge is -2.22. The van der Waals surface area contributed by atoms with Crippen LogP contribution in [0, 0.1) is 0 Å². The van der Waals surface area contributed by atoms with E-state index in [1.54, 1.807) is 0 Å². The molecule has 0 radical (unpaired) electrons. The molecule has 0 saturated carbocycles. The number of fused-ring (bicyclic) bond motifs is 1. The molecule has 2 aromatic rings. The second-order valence-electron chi connectivity index (χ2n) is 4.74. The number of carbonyl (C=O) groups excluding carboxylic acids is 1. The van der Waals surface area contributed by atoms with Crippen LogP contribution in [0.1, 0.15) is 23.0 Å². The summed E-state index contributed by atoms with van der Waals surface area (Å²) in [6, 6.07) is 10.1. The van der Waals surface area contributed by atoms with Crippen molar-refractivity contribution >= 4 is 50.6 Å². The van der Waals surface area contributed by atoms with Crippen LogP contribution in [-0.4, -0.2) is 17.7 Å². The van der Waals surface area contributed by atoms with Gasteiger partial charge >= 0.3 is 0 Å². The first-order chi connectivity index (χ1) is 9.66. The van der Waals surface area contributed by atoms with Gasteiger partial charge in [-0.05, 0) is 45.9 Å². The fraction of sp³-hybridized carbons (Fsp3) is 0.267. The Bertz CT molecular complexity index is 640. The molecule has 1 aliphatic rings. The lowest BCUT2D eigenvalue weighted by atomic mass is 10.2. The van der Waals surface area contributed by atoms with E-state index in [4.69, 9.17) is 0 Å². The Morgan fingerprint density at radius 1 is 1.35 bits per heavy atom. The van der Waals surface area contributed by atoms with Gasteiger partial charge in [-0.1, -0.05) is 19.1 Å². The van der Waals surface area contributed by atoms with Crippen LogP contribution in [0.3, 0.4) is 0 Å². The number of para-hydroxylation sites is 1. The second kappa shape index (κ2) is 5.92. The molecular weight excluding hydrogens is 354 g/mol. The molecule has 1 atom stereocenters. The Balaban J connectivity index is 2.01. The van der Waals surface area contributed by atoms with Gasteiger partial charge in [0.15, 0.2) is 0 Å². The van der Waals surface area contributed by atoms with Gasteiger partial charge in [0.25, 0.3) is 5.91 Å². The summed E-state index contributed by atoms with van der Waals surface area (Å²) in [6.45, 7) is 2.99. The molecule has 3 rings (SSSR count). The molecular formula is C15H14BrNOS2. The standard InChI is InChI=1S/C15H14BrNOS2/c1-10-6-8-17(12-4-2-3-5-13(12)20-10)15(18)14-11(16)7-9-19-14/h2-5,7,9-10H,6,8H2,1H3. The van der Waals surface area contributed by atoms with Crippen molar-refractivity contribution in [2.75, 3.05) is 11.4 Å². The van der Waals surface area contributed by atoms with Gasteiger partial charge in [-0.25, -0.2) is 0 Å². The smallest absolute Gasteiger partial charge is 0.269 e. The van der Waals surface area contributed by atoms with Crippen LogP contribution in [0.4, 0.5) is 5.69 Å². The molecule has 1 unspecified atom stereocenters. The third-order valence-electron chi connectivity index (χ3n) is 3.30. The van der Waals surface area contributed by atoms with E-state index in [9.17, 15) is 4.79 Å². The van der Waals surface area contributed by atoms with Crippen molar-refractivity contribution in [2.24, 2.45) is 0 Å². The first-order valence-electron chi connectivity index (χ1n) is 6.47. The summed E-state index contributed by atoms with van der Waals surface area (Å²) in [5, 5.41) is 2.47. The largest absolute Gasteiger partial charge is 0.306 e. The summed E-state index contributed by atoms with van der Waals surface area (Å²) in [5.41, 5.74) is 1.03. The maximum atomic E-state index is 12.8. The van der Waals surface area contributed by atoms with Crippen LogP contribution in [0.2, 0.25) is 0 Å². The number of amides is 1. The molecule has 1 aromatic carbocycles. The van der Waals surface area contributed by atoms with Gasteiger partial charge in [0.1, 0.15) is 4.88 Å². The van der Waals surface area contributed by atoms with Gasteiger partial charge in [-0.15, -0.1) is 23.1 Å². The fourth-order valence-corrected chi connectivity index (χ4v) is 4.87. The molecule has 0 fully saturated rings. The average Bonchev–Trinajstić information content (AvgIpc) is 2.78. The highest BCUT2D eigenvalue weighted by Gasteiger charge is 2.26. The Morgan fingerprint density at radius 3 is 2.90 bits per heavy atom. The van der Waals surface area contributed by atoms with E-state index >= 15 is 0 Å². The fourth-order valence-electron chi connectivity index (χ4n) is 2.27. The number of anilines is 1. The zero-order chi connectivity index (χ0) is 14.1. The van der Waals surface area contributed by atoms with E-state index < -0.39 is 0 Å². The zero-order valence-corrected chi connectivity index (χ0v) is 14.2. The first-order valence-corrected chi connectivity index (χ1v) is 9.02. The summed E-state index contributed by atoms with van der Waals surface area (Å²) < 4.78 is 0.884. The van der Waals surface area contributed by atoms with E-state index in [1.807, 2.05) is 46.3 Å². The van der Waals surface area contributed by atoms with Crippen molar-refractivity contribution < 1.29 is 4.79 Å². The summed E-state index contributed by atoms with van der Waals surface area (Å²) in [5.74, 6) is 0.0917. The van der Waals surface area contributed by atoms with E-state index in [1.165, 1.54) is 16.2 Å². The molecule has 20 heavy (non-hydrogen) atoms. The SMILES string of the molecule is CC1CCN(C(=O)c2sccc2Br)c2ccccc2S1. The van der Waals surface area contributed by atoms with Crippen LogP contribution >= 0.6 is 39.0 Å². The van der Waals surface area contributed by atoms with Gasteiger partial charge < -0.3 is 4.90 Å². The van der Waals surface area contributed by atoms with Crippen molar-refractivity contribution in [3.63, 3.8) is 0 Å². The Hall–Kier alpha value is -0.780. The minimum absolute atomic E-state index is 0.0917. The first kappa shape index (κ1) is 14.2. The van der Waals surface area contributed by atoms with Crippen LogP contribution in [-0.2, 0) is 0 Å². The summed E-state index contributed by atoms with van der Waals surface area (Å²) in [4.78, 5) is 16.7. The third kappa shape index (κ3) is 2.67. The average molecular weight is 368 g/mol. The number of hydrogen-bond donors (Lipinski definition) is 0. The van der Waals surface area contributed by atoms with Crippen molar-refractivity contribution in [2.45, 2.75) is 23.5 Å². The maximum Gasteiger partial charge on any atom is 0.269 e. The molecule has 2 heterocycles. The second-order valence-corrected chi connectivity index (χ2v) is 7.99. The molecule has 5 heteroatoms. The van der Waals surface area contributed by atoms with Crippen LogP contribution in [0.5, 0.6) is 0 Å². The minimum Gasteiger partial charge on any atom is -0.306 e. The van der Waals surface area contributed by atoms with Crippen molar-refractivity contribution in [1.29, 1.82) is 0 Å². The quantitative estimate of drug-likeness (QED) is 0.703. The van der Waals surface area contributed by atoms with Crippen LogP contribution < -0.4 is 4.90 Å². The number of thioether (sulfide) groups is 1. The lowest BCUT2D eigenvalue weighted by Crippen LogP contribution is -2.31. The maximum absolute atomic E-state index is 12.8. The summed E-state index contributed by atoms with van der Waals surface area (Å²) >= 11 is 6.80. The van der Waals surface area contributed by atoms with Gasteiger partial charge in [0, 0.05) is 21.2 Å². The molecule has 1 aliphatic heterocycles. The van der Waals surface area contributed by atoms with Crippen molar-refractivity contribution in [3.8, 4) is 0 Å². The van der Waals surface area contributed by atoms with E-state index in [0.29, 0.717) is 5.25 Å². The van der Waals surface area contributed by atoms with Crippen molar-refractivity contribution in [3.05, 3.63) is 45.1 Å². The van der Waals surface area contributed by atoms with Crippen LogP contribution in [0.15, 0.2) is 45.1 Å². The third-order valence-corrected chi connectivity index (χ3v) is 6.36. The topological polar surface area (TPSA) is 20.3 Å². The molecule has 0 bridgehead atoms. The molecule has 0 spiro atoms. The highest BCUT2D eigenvalue weighted by Crippen LogP contribution is 2.38. The number of carbonyl (C=O) groups is 1. The van der Waals surface area contributed by atoms with Gasteiger partial charge in [0.05, 0.1) is 5.69 Å². The minimum atomic E-state index is 0.0917. The van der Waals surface area contributed by atoms with Gasteiger partial charge in [0.2, 0.25) is 0 Å². The molecule has 0 saturated heterocycles. The predicted molar refractivity (Wildman–Crippen MR) is 90.1 cm³/mol. The Morgan fingerprint density at radius 2 is 2.15 bits per heavy atom. The lowest BCUT2D eigenvalue weighted by molar-refractivity contribution is 0.0989. The summed E-state index contributed by atoms with van der Waals surface area (Å²) in [7, 11) is 0. The molecule has 2 nitrogen and oxygen atoms in total. The monoisotopic (exact) mass is 367 g/mol. The number of rotatable bonds is 1. The van der Waals surface area contributed by atoms with Crippen molar-refractivity contribution in [1.82, 2.24) is 0 Å². The molecule has 0 N–H and O–H groups in total. The van der Waals surface area contributed by atoms with E-state index in [2.05, 4.69) is 28.9 Å². The highest BCUT2D eigenvalue weighted by atomic mass is 79.9. The zero-order valence-electron chi connectivity index (χ0n) is 11.0. The molecule has 1 amide bonds. The van der Waals surface area contributed by atoms with Gasteiger partial charge in [-0.2, -0.15) is 0 Å². The molecule has 104 valence electrons. The van der Waals surface area contributed by atoms with Gasteiger partial charge in [-0.3, -0.25) is 4.79 Å². The number of hydrogen-bond acceptors (Lipinski definition) is 3. The van der Waals surface area contributed by atoms with Crippen LogP contribution in [0.25, 0.3) is 0 Å². The normalized spacial score (nSPS) is 18.5. The Kier molecular flexibility index (Phi) is 4.19. The number of thiophene rings is 1. The molecule has 0 aliphatic carbocycles. The number of benzene rings is 1. The number of nitrogens with zero attached hydrogens (tertiary/aromatic N) is 1.